The molecule has 0 fully saturated rings. The van der Waals surface area contributed by atoms with E-state index in [2.05, 4.69) is 4.98 Å². The van der Waals surface area contributed by atoms with E-state index in [1.54, 1.807) is 0 Å². The van der Waals surface area contributed by atoms with E-state index < -0.39 is 9.84 Å². The lowest BCUT2D eigenvalue weighted by atomic mass is 10.1. The highest BCUT2D eigenvalue weighted by Gasteiger charge is 2.18. The fourth-order valence-corrected chi connectivity index (χ4v) is 3.72. The highest BCUT2D eigenvalue weighted by molar-refractivity contribution is 7.90. The fourth-order valence-electron chi connectivity index (χ4n) is 1.23. The lowest BCUT2D eigenvalue weighted by Gasteiger charge is -2.02. The number of aromatic nitrogens is 1. The zero-order valence-electron chi connectivity index (χ0n) is 9.35. The molecule has 0 saturated carbocycles. The Bertz CT molecular complexity index is 503. The van der Waals surface area contributed by atoms with E-state index in [9.17, 15) is 8.42 Å². The Hall–Kier alpha value is -0.530. The molecule has 1 rings (SSSR count). The highest BCUT2D eigenvalue weighted by Crippen LogP contribution is 2.26. The van der Waals surface area contributed by atoms with Crippen molar-refractivity contribution < 1.29 is 8.42 Å². The third-order valence-corrected chi connectivity index (χ3v) is 4.27. The van der Waals surface area contributed by atoms with E-state index in [1.807, 2.05) is 13.8 Å². The van der Waals surface area contributed by atoms with E-state index in [1.165, 1.54) is 17.6 Å². The van der Waals surface area contributed by atoms with Gasteiger partial charge in [0.05, 0.1) is 10.6 Å². The van der Waals surface area contributed by atoms with Crippen LogP contribution < -0.4 is 5.73 Å². The minimum Gasteiger partial charge on any atom is -0.389 e. The van der Waals surface area contributed by atoms with Crippen LogP contribution in [0, 0.1) is 0 Å². The van der Waals surface area contributed by atoms with Crippen molar-refractivity contribution in [2.24, 2.45) is 5.73 Å². The van der Waals surface area contributed by atoms with Gasteiger partial charge in [0, 0.05) is 6.26 Å². The van der Waals surface area contributed by atoms with Crippen molar-refractivity contribution in [3.8, 4) is 0 Å². The molecule has 0 amide bonds. The van der Waals surface area contributed by atoms with Crippen LogP contribution in [0.1, 0.15) is 35.3 Å². The molecule has 4 nitrogen and oxygen atoms in total. The Labute approximate surface area is 105 Å². The summed E-state index contributed by atoms with van der Waals surface area (Å²) in [5.41, 5.74) is 6.37. The summed E-state index contributed by atoms with van der Waals surface area (Å²) in [6.07, 6.45) is 1.18. The number of hydrogen-bond donors (Lipinski definition) is 1. The molecule has 0 aliphatic carbocycles. The number of sulfone groups is 1. The van der Waals surface area contributed by atoms with Crippen molar-refractivity contribution in [3.63, 3.8) is 0 Å². The van der Waals surface area contributed by atoms with Crippen molar-refractivity contribution in [3.05, 3.63) is 15.6 Å². The van der Waals surface area contributed by atoms with Gasteiger partial charge < -0.3 is 5.73 Å². The van der Waals surface area contributed by atoms with E-state index in [0.717, 1.165) is 10.6 Å². The van der Waals surface area contributed by atoms with Crippen molar-refractivity contribution in [1.29, 1.82) is 0 Å². The summed E-state index contributed by atoms with van der Waals surface area (Å²) in [5, 5.41) is 0.550. The Balaban J connectivity index is 3.17. The predicted octanol–water partition coefficient (Wildman–Crippen LogP) is 1.45. The maximum atomic E-state index is 11.2. The molecule has 16 heavy (non-hydrogen) atoms. The van der Waals surface area contributed by atoms with Crippen LogP contribution in [0.4, 0.5) is 0 Å². The van der Waals surface area contributed by atoms with Crippen LogP contribution in [-0.4, -0.2) is 24.6 Å². The maximum absolute atomic E-state index is 11.2. The van der Waals surface area contributed by atoms with Gasteiger partial charge in [-0.2, -0.15) is 0 Å². The van der Waals surface area contributed by atoms with Gasteiger partial charge in [-0.15, -0.1) is 11.3 Å². The van der Waals surface area contributed by atoms with E-state index in [4.69, 9.17) is 18.0 Å². The number of nitrogens with two attached hydrogens (primary N) is 1. The van der Waals surface area contributed by atoms with Crippen molar-refractivity contribution in [1.82, 2.24) is 4.98 Å². The monoisotopic (exact) mass is 278 g/mol. The topological polar surface area (TPSA) is 73.0 Å². The summed E-state index contributed by atoms with van der Waals surface area (Å²) in [4.78, 5) is 5.29. The van der Waals surface area contributed by atoms with Gasteiger partial charge in [0.25, 0.3) is 0 Å². The fraction of sp³-hybridized carbons (Fsp3) is 0.556. The van der Waals surface area contributed by atoms with Gasteiger partial charge >= 0.3 is 0 Å². The van der Waals surface area contributed by atoms with Crippen molar-refractivity contribution in [2.75, 3.05) is 6.26 Å². The first-order valence-electron chi connectivity index (χ1n) is 4.68. The maximum Gasteiger partial charge on any atom is 0.153 e. The predicted molar refractivity (Wildman–Crippen MR) is 70.6 cm³/mol. The Morgan fingerprint density at radius 3 is 2.44 bits per heavy atom. The largest absolute Gasteiger partial charge is 0.389 e. The molecule has 0 unspecified atom stereocenters. The van der Waals surface area contributed by atoms with Crippen LogP contribution in [0.2, 0.25) is 0 Å². The number of hydrogen-bond acceptors (Lipinski definition) is 5. The van der Waals surface area contributed by atoms with E-state index >= 15 is 0 Å². The second-order valence-corrected chi connectivity index (χ2v) is 7.57. The Kier molecular flexibility index (Phi) is 4.03. The number of rotatable bonds is 4. The molecule has 0 atom stereocenters. The first kappa shape index (κ1) is 13.5. The summed E-state index contributed by atoms with van der Waals surface area (Å²) in [7, 11) is -3.07. The molecule has 0 aliphatic heterocycles. The lowest BCUT2D eigenvalue weighted by molar-refractivity contribution is 0.601. The Morgan fingerprint density at radius 1 is 1.56 bits per heavy atom. The van der Waals surface area contributed by atoms with Crippen LogP contribution >= 0.6 is 23.6 Å². The summed E-state index contributed by atoms with van der Waals surface area (Å²) in [6.45, 7) is 3.95. The van der Waals surface area contributed by atoms with Gasteiger partial charge in [0.15, 0.2) is 9.84 Å². The minimum absolute atomic E-state index is 0.0556. The van der Waals surface area contributed by atoms with Crippen LogP contribution in [-0.2, 0) is 15.6 Å². The van der Waals surface area contributed by atoms with Gasteiger partial charge in [-0.05, 0) is 5.92 Å². The van der Waals surface area contributed by atoms with Crippen LogP contribution in [0.5, 0.6) is 0 Å². The zero-order chi connectivity index (χ0) is 12.5. The van der Waals surface area contributed by atoms with Crippen molar-refractivity contribution in [2.45, 2.75) is 25.5 Å². The minimum atomic E-state index is -3.07. The standard InChI is InChI=1S/C9H14N2O2S3/c1-5(2)7-8(9(10)14)15-6(11-7)4-16(3,12)13/h5H,4H2,1-3H3,(H2,10,14). The lowest BCUT2D eigenvalue weighted by Crippen LogP contribution is -2.10. The first-order chi connectivity index (χ1) is 7.20. The molecule has 1 heterocycles. The molecular weight excluding hydrogens is 264 g/mol. The normalized spacial score (nSPS) is 12.0. The molecule has 7 heteroatoms. The number of nitrogens with zero attached hydrogens (tertiary/aromatic N) is 1. The van der Waals surface area contributed by atoms with Crippen LogP contribution in [0.15, 0.2) is 0 Å². The molecule has 1 aromatic rings. The van der Waals surface area contributed by atoms with Gasteiger partial charge in [-0.3, -0.25) is 0 Å². The molecule has 0 spiro atoms. The molecule has 0 bridgehead atoms. The van der Waals surface area contributed by atoms with Crippen LogP contribution in [0.3, 0.4) is 0 Å². The third-order valence-electron chi connectivity index (χ3n) is 1.85. The molecule has 0 saturated heterocycles. The quantitative estimate of drug-likeness (QED) is 0.844. The SMILES string of the molecule is CC(C)c1nc(CS(C)(=O)=O)sc1C(N)=S. The van der Waals surface area contributed by atoms with Crippen molar-refractivity contribution >= 4 is 38.4 Å². The number of thiazole rings is 1. The molecule has 1 aromatic heterocycles. The Morgan fingerprint density at radius 2 is 2.12 bits per heavy atom. The smallest absolute Gasteiger partial charge is 0.153 e. The van der Waals surface area contributed by atoms with Gasteiger partial charge in [-0.25, -0.2) is 13.4 Å². The number of thiocarbonyl (C=S) groups is 1. The van der Waals surface area contributed by atoms with Gasteiger partial charge in [-0.1, -0.05) is 26.1 Å². The highest BCUT2D eigenvalue weighted by atomic mass is 32.2. The second kappa shape index (κ2) is 4.77. The second-order valence-electron chi connectivity index (χ2n) is 3.91. The molecule has 0 aliphatic rings. The molecule has 0 aromatic carbocycles. The molecule has 0 radical (unpaired) electrons. The summed E-state index contributed by atoms with van der Waals surface area (Å²) >= 11 is 6.19. The summed E-state index contributed by atoms with van der Waals surface area (Å²) in [5.74, 6) is 0.126. The summed E-state index contributed by atoms with van der Waals surface area (Å²) in [6, 6.07) is 0. The van der Waals surface area contributed by atoms with Crippen LogP contribution in [0.25, 0.3) is 0 Å². The average Bonchev–Trinajstić information content (AvgIpc) is 2.44. The molecule has 90 valence electrons. The van der Waals surface area contributed by atoms with Gasteiger partial charge in [0.2, 0.25) is 0 Å². The average molecular weight is 278 g/mol. The first-order valence-corrected chi connectivity index (χ1v) is 7.96. The van der Waals surface area contributed by atoms with E-state index in [0.29, 0.717) is 5.01 Å². The molecule has 2 N–H and O–H groups in total. The molecular formula is C9H14N2O2S3. The third kappa shape index (κ3) is 3.50. The van der Waals surface area contributed by atoms with Gasteiger partial charge in [0.1, 0.15) is 15.7 Å². The zero-order valence-corrected chi connectivity index (χ0v) is 11.8. The summed E-state index contributed by atoms with van der Waals surface area (Å²) < 4.78 is 22.3. The van der Waals surface area contributed by atoms with E-state index in [-0.39, 0.29) is 16.7 Å².